The first-order valence-corrected chi connectivity index (χ1v) is 7.43. The first kappa shape index (κ1) is 14.1. The van der Waals surface area contributed by atoms with Crippen LogP contribution in [-0.4, -0.2) is 7.11 Å². The minimum Gasteiger partial charge on any atom is -0.496 e. The summed E-state index contributed by atoms with van der Waals surface area (Å²) in [6, 6.07) is 11.2. The van der Waals surface area contributed by atoms with Gasteiger partial charge in [-0.25, -0.2) is 0 Å². The van der Waals surface area contributed by atoms with Crippen LogP contribution in [0.4, 0.5) is 0 Å². The predicted molar refractivity (Wildman–Crippen MR) is 82.0 cm³/mol. The Labute approximate surface area is 119 Å². The molecule has 0 saturated heterocycles. The van der Waals surface area contributed by atoms with Gasteiger partial charge in [0.15, 0.2) is 0 Å². The summed E-state index contributed by atoms with van der Waals surface area (Å²) in [7, 11) is 1.73. The zero-order chi connectivity index (χ0) is 13.8. The molecule has 3 heteroatoms. The van der Waals surface area contributed by atoms with Crippen molar-refractivity contribution in [2.24, 2.45) is 0 Å². The zero-order valence-electron chi connectivity index (χ0n) is 11.9. The van der Waals surface area contributed by atoms with Gasteiger partial charge in [0, 0.05) is 22.5 Å². The van der Waals surface area contributed by atoms with Crippen LogP contribution >= 0.6 is 11.3 Å². The number of methoxy groups -OCH3 is 1. The van der Waals surface area contributed by atoms with Crippen molar-refractivity contribution in [3.63, 3.8) is 0 Å². The average Bonchev–Trinajstić information content (AvgIpc) is 2.92. The minimum absolute atomic E-state index is 0.257. The first-order chi connectivity index (χ1) is 9.11. The Morgan fingerprint density at radius 1 is 1.16 bits per heavy atom. The fraction of sp³-hybridized carbons (Fsp3) is 0.375. The maximum Gasteiger partial charge on any atom is 0.123 e. The van der Waals surface area contributed by atoms with E-state index in [1.165, 1.54) is 16.0 Å². The number of hydrogen-bond donors (Lipinski definition) is 1. The lowest BCUT2D eigenvalue weighted by Gasteiger charge is -2.21. The summed E-state index contributed by atoms with van der Waals surface area (Å²) < 4.78 is 5.48. The zero-order valence-corrected chi connectivity index (χ0v) is 12.8. The molecule has 2 atom stereocenters. The molecular formula is C16H21NOS. The summed E-state index contributed by atoms with van der Waals surface area (Å²) in [5, 5.41) is 5.74. The molecule has 0 aliphatic rings. The molecule has 0 radical (unpaired) electrons. The number of rotatable bonds is 5. The molecule has 102 valence electrons. The lowest BCUT2D eigenvalue weighted by molar-refractivity contribution is 0.397. The van der Waals surface area contributed by atoms with E-state index in [1.54, 1.807) is 18.4 Å². The van der Waals surface area contributed by atoms with Gasteiger partial charge in [0.25, 0.3) is 0 Å². The number of thiophene rings is 1. The van der Waals surface area contributed by atoms with E-state index in [0.29, 0.717) is 6.04 Å². The van der Waals surface area contributed by atoms with Crippen LogP contribution < -0.4 is 10.1 Å². The van der Waals surface area contributed by atoms with Crippen molar-refractivity contribution in [1.82, 2.24) is 5.32 Å². The van der Waals surface area contributed by atoms with Crippen LogP contribution in [0.15, 0.2) is 35.7 Å². The minimum atomic E-state index is 0.257. The molecule has 19 heavy (non-hydrogen) atoms. The highest BCUT2D eigenvalue weighted by Crippen LogP contribution is 2.29. The summed E-state index contributed by atoms with van der Waals surface area (Å²) >= 11 is 1.79. The van der Waals surface area contributed by atoms with E-state index in [2.05, 4.69) is 61.8 Å². The summed E-state index contributed by atoms with van der Waals surface area (Å²) in [4.78, 5) is 1.36. The molecular weight excluding hydrogens is 254 g/mol. The van der Waals surface area contributed by atoms with Crippen LogP contribution in [0, 0.1) is 6.92 Å². The van der Waals surface area contributed by atoms with Crippen molar-refractivity contribution >= 4 is 11.3 Å². The highest BCUT2D eigenvalue weighted by Gasteiger charge is 2.15. The van der Waals surface area contributed by atoms with Crippen LogP contribution in [0.2, 0.25) is 0 Å². The summed E-state index contributed by atoms with van der Waals surface area (Å²) in [6.45, 7) is 6.46. The highest BCUT2D eigenvalue weighted by molar-refractivity contribution is 7.10. The Morgan fingerprint density at radius 2 is 1.95 bits per heavy atom. The van der Waals surface area contributed by atoms with Gasteiger partial charge in [-0.2, -0.15) is 0 Å². The summed E-state index contributed by atoms with van der Waals surface area (Å²) in [5.41, 5.74) is 2.43. The van der Waals surface area contributed by atoms with Crippen molar-refractivity contribution in [3.05, 3.63) is 51.7 Å². The van der Waals surface area contributed by atoms with Crippen LogP contribution in [0.5, 0.6) is 5.75 Å². The maximum atomic E-state index is 5.48. The summed E-state index contributed by atoms with van der Waals surface area (Å²) in [5.74, 6) is 0.957. The van der Waals surface area contributed by atoms with Crippen molar-refractivity contribution in [3.8, 4) is 5.75 Å². The lowest BCUT2D eigenvalue weighted by Crippen LogP contribution is -2.22. The summed E-state index contributed by atoms with van der Waals surface area (Å²) in [6.07, 6.45) is 0. The molecule has 0 fully saturated rings. The van der Waals surface area contributed by atoms with Gasteiger partial charge in [-0.15, -0.1) is 11.3 Å². The normalized spacial score (nSPS) is 14.1. The molecule has 0 aliphatic carbocycles. The number of ether oxygens (including phenoxy) is 1. The molecule has 0 aliphatic heterocycles. The molecule has 0 amide bonds. The monoisotopic (exact) mass is 275 g/mol. The Bertz CT molecular complexity index is 522. The smallest absolute Gasteiger partial charge is 0.123 e. The second-order valence-corrected chi connectivity index (χ2v) is 5.85. The number of nitrogens with one attached hydrogen (secondary N) is 1. The molecule has 0 spiro atoms. The molecule has 0 bridgehead atoms. The van der Waals surface area contributed by atoms with Crippen molar-refractivity contribution < 1.29 is 4.74 Å². The second-order valence-electron chi connectivity index (χ2n) is 4.87. The third-order valence-electron chi connectivity index (χ3n) is 3.33. The van der Waals surface area contributed by atoms with Gasteiger partial charge < -0.3 is 10.1 Å². The van der Waals surface area contributed by atoms with E-state index in [0.717, 1.165) is 5.75 Å². The van der Waals surface area contributed by atoms with E-state index in [4.69, 9.17) is 4.74 Å². The van der Waals surface area contributed by atoms with Gasteiger partial charge in [0.05, 0.1) is 7.11 Å². The van der Waals surface area contributed by atoms with Crippen LogP contribution in [0.25, 0.3) is 0 Å². The molecule has 2 aromatic rings. The van der Waals surface area contributed by atoms with Crippen molar-refractivity contribution in [2.75, 3.05) is 7.11 Å². The standard InChI is InChI=1S/C16H21NOS/c1-11-7-8-14(15(10-11)18-4)12(2)17-13(3)16-6-5-9-19-16/h5-10,12-13,17H,1-4H3/t12?,13-/m0/s1. The second kappa shape index (κ2) is 6.22. The van der Waals surface area contributed by atoms with Crippen LogP contribution in [0.1, 0.15) is 41.9 Å². The fourth-order valence-electron chi connectivity index (χ4n) is 2.26. The van der Waals surface area contributed by atoms with Gasteiger partial charge in [0.2, 0.25) is 0 Å². The Hall–Kier alpha value is -1.32. The van der Waals surface area contributed by atoms with Gasteiger partial charge in [-0.1, -0.05) is 18.2 Å². The van der Waals surface area contributed by atoms with E-state index in [1.807, 2.05) is 0 Å². The van der Waals surface area contributed by atoms with E-state index < -0.39 is 0 Å². The van der Waals surface area contributed by atoms with Gasteiger partial charge in [-0.05, 0) is 43.8 Å². The van der Waals surface area contributed by atoms with E-state index in [-0.39, 0.29) is 6.04 Å². The van der Waals surface area contributed by atoms with Gasteiger partial charge >= 0.3 is 0 Å². The van der Waals surface area contributed by atoms with Crippen LogP contribution in [0.3, 0.4) is 0 Å². The fourth-order valence-corrected chi connectivity index (χ4v) is 3.00. The third kappa shape index (κ3) is 3.37. The lowest BCUT2D eigenvalue weighted by atomic mass is 10.0. The molecule has 2 rings (SSSR count). The SMILES string of the molecule is COc1cc(C)ccc1C(C)N[C@@H](C)c1cccs1. The van der Waals surface area contributed by atoms with Gasteiger partial charge in [-0.3, -0.25) is 0 Å². The Balaban J connectivity index is 2.13. The molecule has 1 aromatic heterocycles. The predicted octanol–water partition coefficient (Wildman–Crippen LogP) is 4.48. The Kier molecular flexibility index (Phi) is 4.61. The van der Waals surface area contributed by atoms with E-state index >= 15 is 0 Å². The first-order valence-electron chi connectivity index (χ1n) is 6.55. The number of hydrogen-bond acceptors (Lipinski definition) is 3. The Morgan fingerprint density at radius 3 is 2.58 bits per heavy atom. The van der Waals surface area contributed by atoms with Crippen molar-refractivity contribution in [2.45, 2.75) is 32.9 Å². The molecule has 1 unspecified atom stereocenters. The largest absolute Gasteiger partial charge is 0.496 e. The topological polar surface area (TPSA) is 21.3 Å². The highest BCUT2D eigenvalue weighted by atomic mass is 32.1. The van der Waals surface area contributed by atoms with Crippen LogP contribution in [-0.2, 0) is 0 Å². The van der Waals surface area contributed by atoms with Gasteiger partial charge in [0.1, 0.15) is 5.75 Å². The quantitative estimate of drug-likeness (QED) is 0.869. The van der Waals surface area contributed by atoms with E-state index in [9.17, 15) is 0 Å². The third-order valence-corrected chi connectivity index (χ3v) is 4.38. The molecule has 1 heterocycles. The number of aryl methyl sites for hydroxylation is 1. The number of benzene rings is 1. The maximum absolute atomic E-state index is 5.48. The molecule has 2 nitrogen and oxygen atoms in total. The molecule has 1 aromatic carbocycles. The van der Waals surface area contributed by atoms with Crippen molar-refractivity contribution in [1.29, 1.82) is 0 Å². The molecule has 1 N–H and O–H groups in total. The average molecular weight is 275 g/mol. The molecule has 0 saturated carbocycles.